The lowest BCUT2D eigenvalue weighted by Gasteiger charge is -2.38. The van der Waals surface area contributed by atoms with E-state index in [1.54, 1.807) is 0 Å². The van der Waals surface area contributed by atoms with Crippen LogP contribution >= 0.6 is 0 Å². The molecule has 0 aromatic rings. The Bertz CT molecular complexity index is 296. The average molecular weight is 369 g/mol. The van der Waals surface area contributed by atoms with E-state index in [-0.39, 0.29) is 0 Å². The Hall–Kier alpha value is 0.177. The second-order valence-electron chi connectivity index (χ2n) is 9.08. The zero-order valence-corrected chi connectivity index (χ0v) is 19.1. The molecule has 0 aliphatic heterocycles. The van der Waals surface area contributed by atoms with Crippen LogP contribution < -0.4 is 0 Å². The molecule has 0 aromatic carbocycles. The van der Waals surface area contributed by atoms with Crippen LogP contribution in [0.25, 0.3) is 0 Å². The summed E-state index contributed by atoms with van der Waals surface area (Å²) < 4.78 is 6.83. The van der Waals surface area contributed by atoms with Gasteiger partial charge in [0.25, 0.3) is 0 Å². The maximum Gasteiger partial charge on any atom is 0.190 e. The smallest absolute Gasteiger partial charge is 0.190 e. The molecule has 0 heterocycles. The SMILES string of the molecule is CCCCCCCCCCCC(CCC)O[Si](C)(C)C1CCCCC1. The van der Waals surface area contributed by atoms with Gasteiger partial charge in [-0.2, -0.15) is 0 Å². The molecule has 1 nitrogen and oxygen atoms in total. The van der Waals surface area contributed by atoms with Crippen LogP contribution in [0.15, 0.2) is 0 Å². The second kappa shape index (κ2) is 14.3. The molecule has 0 aromatic heterocycles. The maximum absolute atomic E-state index is 6.83. The summed E-state index contributed by atoms with van der Waals surface area (Å²) in [6, 6.07) is 0. The minimum absolute atomic E-state index is 0.554. The van der Waals surface area contributed by atoms with Gasteiger partial charge in [0.2, 0.25) is 0 Å². The monoisotopic (exact) mass is 368 g/mol. The van der Waals surface area contributed by atoms with Crippen LogP contribution in [0.2, 0.25) is 18.6 Å². The Morgan fingerprint density at radius 3 is 1.84 bits per heavy atom. The Labute approximate surface area is 160 Å². The number of unbranched alkanes of at least 4 members (excludes halogenated alkanes) is 8. The van der Waals surface area contributed by atoms with Gasteiger partial charge in [0.15, 0.2) is 8.32 Å². The van der Waals surface area contributed by atoms with Crippen molar-refractivity contribution in [3.8, 4) is 0 Å². The minimum Gasteiger partial charge on any atom is -0.414 e. The fourth-order valence-corrected chi connectivity index (χ4v) is 7.68. The lowest BCUT2D eigenvalue weighted by Crippen LogP contribution is -2.41. The van der Waals surface area contributed by atoms with Crippen molar-refractivity contribution in [2.75, 3.05) is 0 Å². The molecule has 0 bridgehead atoms. The van der Waals surface area contributed by atoms with Crippen molar-refractivity contribution < 1.29 is 4.43 Å². The molecule has 1 unspecified atom stereocenters. The number of rotatable bonds is 15. The summed E-state index contributed by atoms with van der Waals surface area (Å²) in [6.07, 6.45) is 24.5. The van der Waals surface area contributed by atoms with Gasteiger partial charge in [0.1, 0.15) is 0 Å². The molecule has 1 fully saturated rings. The van der Waals surface area contributed by atoms with E-state index >= 15 is 0 Å². The highest BCUT2D eigenvalue weighted by Crippen LogP contribution is 2.38. The lowest BCUT2D eigenvalue weighted by atomic mass is 10.0. The van der Waals surface area contributed by atoms with Gasteiger partial charge >= 0.3 is 0 Å². The lowest BCUT2D eigenvalue weighted by molar-refractivity contribution is 0.158. The molecule has 2 heteroatoms. The van der Waals surface area contributed by atoms with Gasteiger partial charge in [-0.3, -0.25) is 0 Å². The minimum atomic E-state index is -1.50. The molecule has 0 spiro atoms. The summed E-state index contributed by atoms with van der Waals surface area (Å²) in [5, 5.41) is 0. The van der Waals surface area contributed by atoms with Gasteiger partial charge in [-0.1, -0.05) is 110 Å². The maximum atomic E-state index is 6.83. The first-order valence-corrected chi connectivity index (χ1v) is 14.8. The van der Waals surface area contributed by atoms with Crippen molar-refractivity contribution in [3.05, 3.63) is 0 Å². The summed E-state index contributed by atoms with van der Waals surface area (Å²) in [6.45, 7) is 9.62. The topological polar surface area (TPSA) is 9.23 Å². The van der Waals surface area contributed by atoms with E-state index in [1.807, 2.05) is 0 Å². The predicted molar refractivity (Wildman–Crippen MR) is 116 cm³/mol. The van der Waals surface area contributed by atoms with E-state index in [0.29, 0.717) is 6.10 Å². The van der Waals surface area contributed by atoms with Crippen molar-refractivity contribution in [2.24, 2.45) is 0 Å². The Balaban J connectivity index is 2.18. The first kappa shape index (κ1) is 23.2. The number of hydrogen-bond donors (Lipinski definition) is 0. The van der Waals surface area contributed by atoms with Crippen molar-refractivity contribution in [1.29, 1.82) is 0 Å². The van der Waals surface area contributed by atoms with E-state index in [4.69, 9.17) is 4.43 Å². The van der Waals surface area contributed by atoms with Crippen molar-refractivity contribution in [3.63, 3.8) is 0 Å². The van der Waals surface area contributed by atoms with Crippen molar-refractivity contribution in [1.82, 2.24) is 0 Å². The summed E-state index contributed by atoms with van der Waals surface area (Å²) >= 11 is 0. The normalized spacial score (nSPS) is 17.8. The van der Waals surface area contributed by atoms with Crippen LogP contribution in [0.4, 0.5) is 0 Å². The Kier molecular flexibility index (Phi) is 13.2. The van der Waals surface area contributed by atoms with Gasteiger partial charge < -0.3 is 4.43 Å². The zero-order chi connectivity index (χ0) is 18.4. The summed E-state index contributed by atoms with van der Waals surface area (Å²) in [7, 11) is -1.50. The van der Waals surface area contributed by atoms with Gasteiger partial charge in [0.05, 0.1) is 0 Å². The molecule has 0 radical (unpaired) electrons. The fourth-order valence-electron chi connectivity index (χ4n) is 4.59. The average Bonchev–Trinajstić information content (AvgIpc) is 2.61. The molecule has 25 heavy (non-hydrogen) atoms. The Morgan fingerprint density at radius 2 is 1.28 bits per heavy atom. The largest absolute Gasteiger partial charge is 0.414 e. The van der Waals surface area contributed by atoms with Gasteiger partial charge in [-0.05, 0) is 31.5 Å². The van der Waals surface area contributed by atoms with E-state index in [2.05, 4.69) is 26.9 Å². The first-order valence-electron chi connectivity index (χ1n) is 11.8. The van der Waals surface area contributed by atoms with Crippen LogP contribution in [0.5, 0.6) is 0 Å². The van der Waals surface area contributed by atoms with Crippen LogP contribution in [0, 0.1) is 0 Å². The molecule has 1 aliphatic rings. The molecule has 1 rings (SSSR count). The Morgan fingerprint density at radius 1 is 0.720 bits per heavy atom. The molecule has 0 N–H and O–H groups in total. The first-order chi connectivity index (χ1) is 12.1. The molecule has 150 valence electrons. The van der Waals surface area contributed by atoms with Crippen LogP contribution in [0.3, 0.4) is 0 Å². The van der Waals surface area contributed by atoms with E-state index in [1.165, 1.54) is 109 Å². The highest BCUT2D eigenvalue weighted by atomic mass is 28.4. The molecule has 1 aliphatic carbocycles. The van der Waals surface area contributed by atoms with E-state index < -0.39 is 8.32 Å². The molecule has 1 saturated carbocycles. The third kappa shape index (κ3) is 10.8. The standard InChI is InChI=1S/C23H48OSi/c1-5-7-8-9-10-11-12-13-15-19-22(18-6-2)24-25(3,4)23-20-16-14-17-21-23/h22-23H,5-21H2,1-4H3. The molecular weight excluding hydrogens is 320 g/mol. The fraction of sp³-hybridized carbons (Fsp3) is 1.00. The quantitative estimate of drug-likeness (QED) is 0.207. The van der Waals surface area contributed by atoms with Gasteiger partial charge in [0, 0.05) is 6.10 Å². The highest BCUT2D eigenvalue weighted by molar-refractivity contribution is 6.72. The highest BCUT2D eigenvalue weighted by Gasteiger charge is 2.36. The molecule has 1 atom stereocenters. The van der Waals surface area contributed by atoms with Gasteiger partial charge in [-0.25, -0.2) is 0 Å². The van der Waals surface area contributed by atoms with Crippen molar-refractivity contribution >= 4 is 8.32 Å². The van der Waals surface area contributed by atoms with E-state index in [0.717, 1.165) is 5.54 Å². The van der Waals surface area contributed by atoms with Crippen LogP contribution in [-0.4, -0.2) is 14.4 Å². The summed E-state index contributed by atoms with van der Waals surface area (Å²) in [5.41, 5.74) is 0.920. The van der Waals surface area contributed by atoms with E-state index in [9.17, 15) is 0 Å². The summed E-state index contributed by atoms with van der Waals surface area (Å²) in [4.78, 5) is 0. The third-order valence-electron chi connectivity index (χ3n) is 6.30. The molecule has 0 amide bonds. The zero-order valence-electron chi connectivity index (χ0n) is 18.1. The van der Waals surface area contributed by atoms with Gasteiger partial charge in [-0.15, -0.1) is 0 Å². The summed E-state index contributed by atoms with van der Waals surface area (Å²) in [5.74, 6) is 0. The second-order valence-corrected chi connectivity index (χ2v) is 13.3. The van der Waals surface area contributed by atoms with Crippen molar-refractivity contribution in [2.45, 2.75) is 148 Å². The third-order valence-corrected chi connectivity index (χ3v) is 9.78. The van der Waals surface area contributed by atoms with Crippen LogP contribution in [-0.2, 0) is 4.43 Å². The van der Waals surface area contributed by atoms with Crippen LogP contribution in [0.1, 0.15) is 123 Å². The molecule has 0 saturated heterocycles. The predicted octanol–water partition coefficient (Wildman–Crippen LogP) is 8.63. The number of hydrogen-bond acceptors (Lipinski definition) is 1. The molecular formula is C23H48OSi.